The smallest absolute Gasteiger partial charge is 0.227 e. The van der Waals surface area contributed by atoms with Gasteiger partial charge in [-0.15, -0.1) is 0 Å². The van der Waals surface area contributed by atoms with Gasteiger partial charge >= 0.3 is 0 Å². The largest absolute Gasteiger partial charge is 0.361 e. The third-order valence-corrected chi connectivity index (χ3v) is 3.38. The van der Waals surface area contributed by atoms with Gasteiger partial charge in [-0.25, -0.2) is 0 Å². The molecule has 0 aliphatic heterocycles. The summed E-state index contributed by atoms with van der Waals surface area (Å²) in [6.45, 7) is 8.92. The number of aryl methyl sites for hydroxylation is 2. The zero-order valence-corrected chi connectivity index (χ0v) is 11.7. The fraction of sp³-hybridized carbons (Fsp3) is 0.714. The molecule has 4 nitrogen and oxygen atoms in total. The standard InChI is InChI=1S/C14H22N2O2/c1-9(2)8-16(12-5-6-12)14(17)7-13-10(3)15-18-11(13)4/h9,12H,5-8H2,1-4H3. The molecule has 0 spiro atoms. The van der Waals surface area contributed by atoms with Crippen LogP contribution in [0.1, 0.15) is 43.7 Å². The molecule has 2 rings (SSSR count). The minimum absolute atomic E-state index is 0.209. The van der Waals surface area contributed by atoms with Gasteiger partial charge in [0.2, 0.25) is 5.91 Å². The molecule has 100 valence electrons. The number of amides is 1. The molecule has 4 heteroatoms. The lowest BCUT2D eigenvalue weighted by Crippen LogP contribution is -2.37. The fourth-order valence-corrected chi connectivity index (χ4v) is 2.24. The van der Waals surface area contributed by atoms with E-state index in [1.807, 2.05) is 18.7 Å². The summed E-state index contributed by atoms with van der Waals surface area (Å²) in [6.07, 6.45) is 2.73. The summed E-state index contributed by atoms with van der Waals surface area (Å²) < 4.78 is 5.11. The molecule has 1 amide bonds. The van der Waals surface area contributed by atoms with Gasteiger partial charge in [-0.05, 0) is 32.6 Å². The minimum Gasteiger partial charge on any atom is -0.361 e. The first-order valence-corrected chi connectivity index (χ1v) is 6.70. The fourth-order valence-electron chi connectivity index (χ4n) is 2.24. The first-order valence-electron chi connectivity index (χ1n) is 6.70. The predicted octanol–water partition coefficient (Wildman–Crippen LogP) is 2.48. The van der Waals surface area contributed by atoms with Gasteiger partial charge < -0.3 is 9.42 Å². The lowest BCUT2D eigenvalue weighted by molar-refractivity contribution is -0.131. The molecule has 1 aliphatic rings. The molecule has 0 saturated heterocycles. The van der Waals surface area contributed by atoms with E-state index in [0.717, 1.165) is 36.4 Å². The normalized spacial score (nSPS) is 15.2. The van der Waals surface area contributed by atoms with Crippen molar-refractivity contribution < 1.29 is 9.32 Å². The molecule has 1 heterocycles. The molecule has 0 unspecified atom stereocenters. The van der Waals surface area contributed by atoms with Crippen LogP contribution >= 0.6 is 0 Å². The summed E-state index contributed by atoms with van der Waals surface area (Å²) in [7, 11) is 0. The Kier molecular flexibility index (Phi) is 3.73. The maximum atomic E-state index is 12.4. The number of nitrogens with zero attached hydrogens (tertiary/aromatic N) is 2. The van der Waals surface area contributed by atoms with Crippen LogP contribution in [0.25, 0.3) is 0 Å². The first kappa shape index (κ1) is 13.1. The molecule has 18 heavy (non-hydrogen) atoms. The SMILES string of the molecule is Cc1noc(C)c1CC(=O)N(CC(C)C)C1CC1. The average molecular weight is 250 g/mol. The summed E-state index contributed by atoms with van der Waals surface area (Å²) in [4.78, 5) is 14.4. The van der Waals surface area contributed by atoms with E-state index in [2.05, 4.69) is 19.0 Å². The molecule has 1 aliphatic carbocycles. The van der Waals surface area contributed by atoms with Crippen LogP contribution in [0.4, 0.5) is 0 Å². The topological polar surface area (TPSA) is 46.3 Å². The Morgan fingerprint density at radius 1 is 1.44 bits per heavy atom. The molecule has 1 fully saturated rings. The highest BCUT2D eigenvalue weighted by atomic mass is 16.5. The molecule has 1 aromatic rings. The number of carbonyl (C=O) groups excluding carboxylic acids is 1. The van der Waals surface area contributed by atoms with Crippen LogP contribution in [0.3, 0.4) is 0 Å². The van der Waals surface area contributed by atoms with Crippen LogP contribution in [0, 0.1) is 19.8 Å². The maximum absolute atomic E-state index is 12.4. The van der Waals surface area contributed by atoms with Gasteiger partial charge in [0.15, 0.2) is 0 Å². The maximum Gasteiger partial charge on any atom is 0.227 e. The lowest BCUT2D eigenvalue weighted by atomic mass is 10.1. The molecule has 0 N–H and O–H groups in total. The van der Waals surface area contributed by atoms with E-state index in [9.17, 15) is 4.79 Å². The highest BCUT2D eigenvalue weighted by molar-refractivity contribution is 5.79. The third-order valence-electron chi connectivity index (χ3n) is 3.38. The van der Waals surface area contributed by atoms with E-state index in [4.69, 9.17) is 4.52 Å². The van der Waals surface area contributed by atoms with Gasteiger partial charge in [0.1, 0.15) is 5.76 Å². The van der Waals surface area contributed by atoms with E-state index < -0.39 is 0 Å². The quantitative estimate of drug-likeness (QED) is 0.806. The predicted molar refractivity (Wildman–Crippen MR) is 69.3 cm³/mol. The van der Waals surface area contributed by atoms with Crippen LogP contribution in [0.2, 0.25) is 0 Å². The van der Waals surface area contributed by atoms with Crippen molar-refractivity contribution in [1.82, 2.24) is 10.1 Å². The van der Waals surface area contributed by atoms with E-state index in [-0.39, 0.29) is 5.91 Å². The van der Waals surface area contributed by atoms with Crippen molar-refractivity contribution in [2.45, 2.75) is 53.0 Å². The van der Waals surface area contributed by atoms with Crippen molar-refractivity contribution in [2.24, 2.45) is 5.92 Å². The number of hydrogen-bond donors (Lipinski definition) is 0. The zero-order valence-electron chi connectivity index (χ0n) is 11.7. The van der Waals surface area contributed by atoms with Crippen LogP contribution in [-0.2, 0) is 11.2 Å². The van der Waals surface area contributed by atoms with Gasteiger partial charge in [-0.3, -0.25) is 4.79 Å². The van der Waals surface area contributed by atoms with Crippen LogP contribution < -0.4 is 0 Å². The highest BCUT2D eigenvalue weighted by Gasteiger charge is 2.33. The van der Waals surface area contributed by atoms with Crippen LogP contribution in [0.5, 0.6) is 0 Å². The summed E-state index contributed by atoms with van der Waals surface area (Å²) in [6, 6.07) is 0.473. The van der Waals surface area contributed by atoms with Gasteiger partial charge in [0.25, 0.3) is 0 Å². The summed E-state index contributed by atoms with van der Waals surface area (Å²) in [5.74, 6) is 1.49. The Balaban J connectivity index is 2.05. The van der Waals surface area contributed by atoms with Gasteiger partial charge in [-0.1, -0.05) is 19.0 Å². The summed E-state index contributed by atoms with van der Waals surface area (Å²) >= 11 is 0. The third kappa shape index (κ3) is 2.92. The minimum atomic E-state index is 0.209. The molecular weight excluding hydrogens is 228 g/mol. The average Bonchev–Trinajstić information content (AvgIpc) is 3.08. The Morgan fingerprint density at radius 3 is 2.56 bits per heavy atom. The van der Waals surface area contributed by atoms with Crippen molar-refractivity contribution in [3.8, 4) is 0 Å². The molecule has 0 atom stereocenters. The van der Waals surface area contributed by atoms with Crippen LogP contribution in [0.15, 0.2) is 4.52 Å². The lowest BCUT2D eigenvalue weighted by Gasteiger charge is -2.24. The Morgan fingerprint density at radius 2 is 2.11 bits per heavy atom. The van der Waals surface area contributed by atoms with E-state index >= 15 is 0 Å². The number of carbonyl (C=O) groups is 1. The van der Waals surface area contributed by atoms with E-state index in [0.29, 0.717) is 18.4 Å². The summed E-state index contributed by atoms with van der Waals surface area (Å²) in [5.41, 5.74) is 1.79. The van der Waals surface area contributed by atoms with Gasteiger partial charge in [-0.2, -0.15) is 0 Å². The Hall–Kier alpha value is -1.32. The summed E-state index contributed by atoms with van der Waals surface area (Å²) in [5, 5.41) is 3.90. The molecule has 1 saturated carbocycles. The second-order valence-corrected chi connectivity index (χ2v) is 5.65. The molecule has 0 aromatic carbocycles. The monoisotopic (exact) mass is 250 g/mol. The van der Waals surface area contributed by atoms with Crippen molar-refractivity contribution in [3.63, 3.8) is 0 Å². The van der Waals surface area contributed by atoms with Crippen molar-refractivity contribution in [1.29, 1.82) is 0 Å². The molecular formula is C14H22N2O2. The second kappa shape index (κ2) is 5.12. The number of hydrogen-bond acceptors (Lipinski definition) is 3. The van der Waals surface area contributed by atoms with E-state index in [1.165, 1.54) is 0 Å². The molecule has 0 radical (unpaired) electrons. The van der Waals surface area contributed by atoms with Crippen molar-refractivity contribution in [2.75, 3.05) is 6.54 Å². The van der Waals surface area contributed by atoms with Crippen molar-refractivity contribution in [3.05, 3.63) is 17.0 Å². The van der Waals surface area contributed by atoms with E-state index in [1.54, 1.807) is 0 Å². The molecule has 1 aromatic heterocycles. The van der Waals surface area contributed by atoms with Crippen molar-refractivity contribution >= 4 is 5.91 Å². The van der Waals surface area contributed by atoms with Gasteiger partial charge in [0, 0.05) is 18.2 Å². The number of rotatable bonds is 5. The Bertz CT molecular complexity index is 414. The Labute approximate surface area is 108 Å². The number of aromatic nitrogens is 1. The second-order valence-electron chi connectivity index (χ2n) is 5.65. The van der Waals surface area contributed by atoms with Gasteiger partial charge in [0.05, 0.1) is 12.1 Å². The van der Waals surface area contributed by atoms with Crippen LogP contribution in [-0.4, -0.2) is 28.6 Å². The first-order chi connectivity index (χ1) is 8.49. The zero-order chi connectivity index (χ0) is 13.3. The molecule has 0 bridgehead atoms. The highest BCUT2D eigenvalue weighted by Crippen LogP contribution is 2.28.